The van der Waals surface area contributed by atoms with Crippen LogP contribution < -0.4 is 0 Å². The second kappa shape index (κ2) is 6.58. The number of nitrogens with zero attached hydrogens (tertiary/aromatic N) is 2. The summed E-state index contributed by atoms with van der Waals surface area (Å²) in [5.41, 5.74) is 0. The molecule has 0 unspecified atom stereocenters. The molecular formula is C6H16Br2N2. The molecule has 1 aliphatic heterocycles. The highest BCUT2D eigenvalue weighted by molar-refractivity contribution is 8.93. The molecule has 0 aromatic heterocycles. The summed E-state index contributed by atoms with van der Waals surface area (Å²) in [5, 5.41) is 0. The minimum atomic E-state index is 0. The van der Waals surface area contributed by atoms with Crippen LogP contribution in [0.25, 0.3) is 0 Å². The fraction of sp³-hybridized carbons (Fsp3) is 1.00. The summed E-state index contributed by atoms with van der Waals surface area (Å²) in [6.45, 7) is 4.93. The Labute approximate surface area is 84.1 Å². The average Bonchev–Trinajstić information content (AvgIpc) is 1.77. The van der Waals surface area contributed by atoms with Crippen LogP contribution in [0, 0.1) is 0 Å². The third-order valence-electron chi connectivity index (χ3n) is 1.73. The topological polar surface area (TPSA) is 6.48 Å². The van der Waals surface area contributed by atoms with Gasteiger partial charge in [0.2, 0.25) is 0 Å². The van der Waals surface area contributed by atoms with E-state index in [4.69, 9.17) is 0 Å². The first-order valence-corrected chi connectivity index (χ1v) is 3.16. The maximum absolute atomic E-state index is 2.36. The van der Waals surface area contributed by atoms with Gasteiger partial charge in [0.15, 0.2) is 0 Å². The normalized spacial score (nSPS) is 21.0. The van der Waals surface area contributed by atoms with Crippen molar-refractivity contribution in [2.75, 3.05) is 40.3 Å². The molecule has 1 heterocycles. The molecule has 0 radical (unpaired) electrons. The molecule has 1 rings (SSSR count). The predicted molar refractivity (Wildman–Crippen MR) is 55.6 cm³/mol. The van der Waals surface area contributed by atoms with Gasteiger partial charge in [0, 0.05) is 26.2 Å². The molecular weight excluding hydrogens is 260 g/mol. The van der Waals surface area contributed by atoms with Crippen LogP contribution in [0.5, 0.6) is 0 Å². The predicted octanol–water partition coefficient (Wildman–Crippen LogP) is 1.02. The van der Waals surface area contributed by atoms with Crippen LogP contribution in [0.4, 0.5) is 0 Å². The minimum absolute atomic E-state index is 0. The third-order valence-corrected chi connectivity index (χ3v) is 1.73. The standard InChI is InChI=1S/C6H14N2.2BrH/c1-7-3-5-8(2)6-4-7;;/h3-6H2,1-2H3;2*1H. The van der Waals surface area contributed by atoms with E-state index < -0.39 is 0 Å². The van der Waals surface area contributed by atoms with Gasteiger partial charge in [-0.3, -0.25) is 0 Å². The fourth-order valence-corrected chi connectivity index (χ4v) is 0.906. The number of hydrogen-bond acceptors (Lipinski definition) is 2. The van der Waals surface area contributed by atoms with Crippen molar-refractivity contribution in [3.8, 4) is 0 Å². The van der Waals surface area contributed by atoms with E-state index in [1.54, 1.807) is 0 Å². The summed E-state index contributed by atoms with van der Waals surface area (Å²) >= 11 is 0. The Morgan fingerprint density at radius 1 is 0.700 bits per heavy atom. The van der Waals surface area contributed by atoms with Crippen LogP contribution in [0.3, 0.4) is 0 Å². The lowest BCUT2D eigenvalue weighted by atomic mass is 10.4. The Morgan fingerprint density at radius 2 is 0.900 bits per heavy atom. The smallest absolute Gasteiger partial charge is 0.0107 e. The molecule has 64 valence electrons. The molecule has 0 aliphatic carbocycles. The zero-order chi connectivity index (χ0) is 5.98. The Morgan fingerprint density at radius 3 is 1.10 bits per heavy atom. The van der Waals surface area contributed by atoms with Gasteiger partial charge in [-0.25, -0.2) is 0 Å². The Bertz CT molecular complexity index is 62.1. The molecule has 0 amide bonds. The molecule has 0 aromatic carbocycles. The van der Waals surface area contributed by atoms with Crippen LogP contribution in [-0.2, 0) is 0 Å². The van der Waals surface area contributed by atoms with Crippen LogP contribution in [0.1, 0.15) is 0 Å². The zero-order valence-corrected chi connectivity index (χ0v) is 9.97. The molecule has 0 atom stereocenters. The lowest BCUT2D eigenvalue weighted by Crippen LogP contribution is -2.42. The van der Waals surface area contributed by atoms with E-state index >= 15 is 0 Å². The lowest BCUT2D eigenvalue weighted by molar-refractivity contribution is 0.181. The van der Waals surface area contributed by atoms with Crippen molar-refractivity contribution in [1.29, 1.82) is 0 Å². The number of hydrogen-bond donors (Lipinski definition) is 0. The van der Waals surface area contributed by atoms with Crippen molar-refractivity contribution in [2.45, 2.75) is 0 Å². The molecule has 0 spiro atoms. The monoisotopic (exact) mass is 274 g/mol. The first kappa shape index (κ1) is 13.5. The van der Waals surface area contributed by atoms with Crippen LogP contribution in [0.2, 0.25) is 0 Å². The van der Waals surface area contributed by atoms with Gasteiger partial charge >= 0.3 is 0 Å². The van der Waals surface area contributed by atoms with Gasteiger partial charge in [0.1, 0.15) is 0 Å². The highest BCUT2D eigenvalue weighted by atomic mass is 79.9. The van der Waals surface area contributed by atoms with Crippen molar-refractivity contribution >= 4 is 34.0 Å². The highest BCUT2D eigenvalue weighted by Crippen LogP contribution is 1.93. The van der Waals surface area contributed by atoms with Gasteiger partial charge in [0.25, 0.3) is 0 Å². The number of rotatable bonds is 0. The summed E-state index contributed by atoms with van der Waals surface area (Å²) in [5.74, 6) is 0. The van der Waals surface area contributed by atoms with Crippen LogP contribution in [-0.4, -0.2) is 50.1 Å². The lowest BCUT2D eigenvalue weighted by Gasteiger charge is -2.28. The second-order valence-corrected chi connectivity index (χ2v) is 2.61. The van der Waals surface area contributed by atoms with Crippen molar-refractivity contribution in [1.82, 2.24) is 9.80 Å². The molecule has 0 N–H and O–H groups in total. The average molecular weight is 276 g/mol. The van der Waals surface area contributed by atoms with Gasteiger partial charge in [-0.15, -0.1) is 34.0 Å². The molecule has 1 saturated heterocycles. The highest BCUT2D eigenvalue weighted by Gasteiger charge is 2.07. The van der Waals surface area contributed by atoms with Gasteiger partial charge in [-0.2, -0.15) is 0 Å². The van der Waals surface area contributed by atoms with E-state index in [0.29, 0.717) is 0 Å². The first-order valence-electron chi connectivity index (χ1n) is 3.16. The van der Waals surface area contributed by atoms with Crippen molar-refractivity contribution in [3.63, 3.8) is 0 Å². The van der Waals surface area contributed by atoms with Crippen molar-refractivity contribution in [2.24, 2.45) is 0 Å². The quantitative estimate of drug-likeness (QED) is 0.651. The molecule has 0 bridgehead atoms. The summed E-state index contributed by atoms with van der Waals surface area (Å²) in [6.07, 6.45) is 0. The maximum Gasteiger partial charge on any atom is 0.0107 e. The Kier molecular flexibility index (Phi) is 8.86. The zero-order valence-electron chi connectivity index (χ0n) is 6.54. The molecule has 1 aliphatic rings. The van der Waals surface area contributed by atoms with Gasteiger partial charge in [-0.1, -0.05) is 0 Å². The summed E-state index contributed by atoms with van der Waals surface area (Å²) in [7, 11) is 4.35. The largest absolute Gasteiger partial charge is 0.304 e. The van der Waals surface area contributed by atoms with E-state index in [0.717, 1.165) is 0 Å². The summed E-state index contributed by atoms with van der Waals surface area (Å²) in [4.78, 5) is 4.72. The van der Waals surface area contributed by atoms with Crippen LogP contribution >= 0.6 is 34.0 Å². The number of likely N-dealkylation sites (N-methyl/N-ethyl adjacent to an activating group) is 2. The Hall–Kier alpha value is 0.880. The molecule has 10 heavy (non-hydrogen) atoms. The molecule has 1 fully saturated rings. The third kappa shape index (κ3) is 4.66. The van der Waals surface area contributed by atoms with E-state index in [-0.39, 0.29) is 34.0 Å². The Balaban J connectivity index is 0. The van der Waals surface area contributed by atoms with Gasteiger partial charge < -0.3 is 9.80 Å². The first-order chi connectivity index (χ1) is 3.79. The van der Waals surface area contributed by atoms with Gasteiger partial charge in [0.05, 0.1) is 0 Å². The van der Waals surface area contributed by atoms with Crippen molar-refractivity contribution in [3.05, 3.63) is 0 Å². The molecule has 4 heteroatoms. The van der Waals surface area contributed by atoms with E-state index in [1.807, 2.05) is 0 Å². The van der Waals surface area contributed by atoms with E-state index in [2.05, 4.69) is 23.9 Å². The minimum Gasteiger partial charge on any atom is -0.304 e. The van der Waals surface area contributed by atoms with Crippen molar-refractivity contribution < 1.29 is 0 Å². The molecule has 0 saturated carbocycles. The summed E-state index contributed by atoms with van der Waals surface area (Å²) < 4.78 is 0. The van der Waals surface area contributed by atoms with Crippen LogP contribution in [0.15, 0.2) is 0 Å². The van der Waals surface area contributed by atoms with E-state index in [9.17, 15) is 0 Å². The maximum atomic E-state index is 2.36. The SMILES string of the molecule is Br.Br.CN1CCN(C)CC1. The fourth-order valence-electron chi connectivity index (χ4n) is 0.906. The molecule has 0 aromatic rings. The van der Waals surface area contributed by atoms with Gasteiger partial charge in [-0.05, 0) is 14.1 Å². The second-order valence-electron chi connectivity index (χ2n) is 2.61. The summed E-state index contributed by atoms with van der Waals surface area (Å²) in [6, 6.07) is 0. The number of halogens is 2. The molecule has 2 nitrogen and oxygen atoms in total. The van der Waals surface area contributed by atoms with E-state index in [1.165, 1.54) is 26.2 Å². The number of piperazine rings is 1.